The second-order valence-electron chi connectivity index (χ2n) is 10.4. The Hall–Kier alpha value is -1.92. The Balaban J connectivity index is 1.62. The lowest BCUT2D eigenvalue weighted by atomic mass is 9.78. The van der Waals surface area contributed by atoms with E-state index >= 15 is 0 Å². The van der Waals surface area contributed by atoms with Crippen LogP contribution in [0.5, 0.6) is 11.5 Å². The van der Waals surface area contributed by atoms with Crippen molar-refractivity contribution in [1.82, 2.24) is 4.90 Å². The number of rotatable bonds is 4. The molecule has 1 fully saturated rings. The molecule has 3 aromatic rings. The highest BCUT2D eigenvalue weighted by atomic mass is 127. The van der Waals surface area contributed by atoms with Gasteiger partial charge in [-0.1, -0.05) is 24.3 Å². The third kappa shape index (κ3) is 5.35. The van der Waals surface area contributed by atoms with Crippen LogP contribution in [0.1, 0.15) is 61.3 Å². The van der Waals surface area contributed by atoms with Gasteiger partial charge in [-0.15, -0.1) is 0 Å². The predicted octanol–water partition coefficient (Wildman–Crippen LogP) is 6.78. The van der Waals surface area contributed by atoms with Crippen LogP contribution in [0, 0.1) is 7.14 Å². The molecule has 0 amide bonds. The number of hydrogen-bond donors (Lipinski definition) is 1. The second-order valence-corrected chi connectivity index (χ2v) is 12.9. The smallest absolute Gasteiger partial charge is 0.347 e. The molecule has 1 saturated heterocycles. The Morgan fingerprint density at radius 2 is 1.53 bits per heavy atom. The molecule has 0 atom stereocenters. The first-order chi connectivity index (χ1) is 16.8. The summed E-state index contributed by atoms with van der Waals surface area (Å²) in [5.74, 6) is -0.869. The molecular weight excluding hydrogens is 684 g/mol. The van der Waals surface area contributed by atoms with E-state index in [1.54, 1.807) is 30.3 Å². The summed E-state index contributed by atoms with van der Waals surface area (Å²) >= 11 is 4.06. The van der Waals surface area contributed by atoms with Gasteiger partial charge in [0.1, 0.15) is 23.2 Å². The number of nitrogens with zero attached hydrogens (tertiary/aromatic N) is 1. The van der Waals surface area contributed by atoms with Crippen molar-refractivity contribution >= 4 is 67.9 Å². The number of benzene rings is 3. The lowest BCUT2D eigenvalue weighted by molar-refractivity contribution is -0.0731. The first-order valence-electron chi connectivity index (χ1n) is 11.7. The van der Waals surface area contributed by atoms with Gasteiger partial charge in [0, 0.05) is 32.9 Å². The molecule has 0 spiro atoms. The number of hydrogen-bond acceptors (Lipinski definition) is 6. The van der Waals surface area contributed by atoms with Crippen LogP contribution >= 0.6 is 45.2 Å². The molecule has 190 valence electrons. The third-order valence-corrected chi connectivity index (χ3v) is 8.54. The van der Waals surface area contributed by atoms with Crippen molar-refractivity contribution in [3.63, 3.8) is 0 Å². The molecule has 0 saturated carbocycles. The number of aromatic hydroxyl groups is 1. The zero-order valence-corrected chi connectivity index (χ0v) is 25.2. The van der Waals surface area contributed by atoms with E-state index in [-0.39, 0.29) is 28.5 Å². The zero-order chi connectivity index (χ0) is 26.4. The van der Waals surface area contributed by atoms with Crippen LogP contribution in [0.3, 0.4) is 0 Å². The van der Waals surface area contributed by atoms with Crippen molar-refractivity contribution in [3.8, 4) is 11.5 Å². The number of fused-ring (bicyclic) bond motifs is 1. The lowest BCUT2D eigenvalue weighted by Gasteiger charge is -2.53. The Morgan fingerprint density at radius 3 is 2.17 bits per heavy atom. The van der Waals surface area contributed by atoms with E-state index in [0.29, 0.717) is 25.7 Å². The molecule has 3 aromatic carbocycles. The Kier molecular flexibility index (Phi) is 7.60. The lowest BCUT2D eigenvalue weighted by Crippen LogP contribution is -2.60. The fourth-order valence-electron chi connectivity index (χ4n) is 4.99. The number of phenols is 1. The molecule has 1 heterocycles. The molecule has 6 nitrogen and oxygen atoms in total. The van der Waals surface area contributed by atoms with Gasteiger partial charge in [0.25, 0.3) is 0 Å². The maximum absolute atomic E-state index is 13.3. The fourth-order valence-corrected chi connectivity index (χ4v) is 6.84. The Morgan fingerprint density at radius 1 is 0.917 bits per heavy atom. The zero-order valence-electron chi connectivity index (χ0n) is 20.9. The van der Waals surface area contributed by atoms with Crippen LogP contribution in [0.25, 0.3) is 10.8 Å². The van der Waals surface area contributed by atoms with Gasteiger partial charge in [0.05, 0.1) is 9.13 Å². The first-order valence-corrected chi connectivity index (χ1v) is 13.8. The SMILES string of the molecule is CN1C(C)(C)CC(OC(=O)c2ccc(OC(=O)c3cc(I)cc(I)c3O)c3ccccc23)CC1(C)C. The van der Waals surface area contributed by atoms with Gasteiger partial charge in [-0.3, -0.25) is 4.90 Å². The van der Waals surface area contributed by atoms with E-state index in [2.05, 4.69) is 62.2 Å². The van der Waals surface area contributed by atoms with Crippen LogP contribution in [0.15, 0.2) is 48.5 Å². The topological polar surface area (TPSA) is 76.1 Å². The quantitative estimate of drug-likeness (QED) is 0.183. The molecule has 0 aromatic heterocycles. The molecule has 1 aliphatic rings. The van der Waals surface area contributed by atoms with Gasteiger partial charge in [-0.2, -0.15) is 0 Å². The summed E-state index contributed by atoms with van der Waals surface area (Å²) in [4.78, 5) is 28.6. The van der Waals surface area contributed by atoms with Crippen molar-refractivity contribution in [2.75, 3.05) is 7.05 Å². The minimum absolute atomic E-state index is 0.0892. The predicted molar refractivity (Wildman–Crippen MR) is 157 cm³/mol. The monoisotopic (exact) mass is 713 g/mol. The second kappa shape index (κ2) is 10.1. The summed E-state index contributed by atoms with van der Waals surface area (Å²) in [6, 6.07) is 13.9. The summed E-state index contributed by atoms with van der Waals surface area (Å²) in [5.41, 5.74) is 0.301. The van der Waals surface area contributed by atoms with E-state index in [0.717, 1.165) is 16.4 Å². The van der Waals surface area contributed by atoms with Gasteiger partial charge in [-0.05, 0) is 110 Å². The number of piperidine rings is 1. The van der Waals surface area contributed by atoms with Gasteiger partial charge in [0.2, 0.25) is 0 Å². The highest BCUT2D eigenvalue weighted by molar-refractivity contribution is 14.1. The van der Waals surface area contributed by atoms with Crippen LogP contribution in [0.2, 0.25) is 0 Å². The number of halogens is 2. The number of carbonyl (C=O) groups excluding carboxylic acids is 2. The Bertz CT molecular complexity index is 1330. The molecular formula is C28H29I2NO5. The maximum Gasteiger partial charge on any atom is 0.347 e. The number of esters is 2. The highest BCUT2D eigenvalue weighted by Crippen LogP contribution is 2.39. The van der Waals surface area contributed by atoms with Crippen LogP contribution < -0.4 is 4.74 Å². The van der Waals surface area contributed by atoms with E-state index < -0.39 is 11.9 Å². The normalized spacial score (nSPS) is 17.6. The first kappa shape index (κ1) is 27.1. The van der Waals surface area contributed by atoms with E-state index in [9.17, 15) is 14.7 Å². The highest BCUT2D eigenvalue weighted by Gasteiger charge is 2.44. The van der Waals surface area contributed by atoms with Crippen molar-refractivity contribution in [3.05, 3.63) is 66.8 Å². The minimum atomic E-state index is -0.666. The summed E-state index contributed by atoms with van der Waals surface area (Å²) in [6.07, 6.45) is 1.27. The van der Waals surface area contributed by atoms with E-state index in [1.165, 1.54) is 0 Å². The molecule has 0 unspecified atom stereocenters. The van der Waals surface area contributed by atoms with Crippen molar-refractivity contribution in [2.45, 2.75) is 57.7 Å². The standard InChI is InChI=1S/C28H29I2NO5/c1-27(2)14-17(15-28(3,4)31(27)5)35-25(33)20-10-11-23(19-9-7-6-8-18(19)20)36-26(34)21-12-16(29)13-22(30)24(21)32/h6-13,17,32H,14-15H2,1-5H3. The van der Waals surface area contributed by atoms with Gasteiger partial charge in [0.15, 0.2) is 0 Å². The van der Waals surface area contributed by atoms with Gasteiger partial charge >= 0.3 is 11.9 Å². The molecule has 4 rings (SSSR count). The minimum Gasteiger partial charge on any atom is -0.506 e. The Labute approximate surface area is 238 Å². The average molecular weight is 713 g/mol. The molecule has 0 radical (unpaired) electrons. The number of carbonyl (C=O) groups is 2. The summed E-state index contributed by atoms with van der Waals surface area (Å²) < 4.78 is 13.1. The van der Waals surface area contributed by atoms with E-state index in [1.807, 2.05) is 40.8 Å². The number of likely N-dealkylation sites (tertiary alicyclic amines) is 1. The summed E-state index contributed by atoms with van der Waals surface area (Å²) in [5, 5.41) is 11.6. The number of phenolic OH excluding ortho intramolecular Hbond substituents is 1. The average Bonchev–Trinajstić information content (AvgIpc) is 2.79. The molecule has 1 aliphatic heterocycles. The number of ether oxygens (including phenoxy) is 2. The maximum atomic E-state index is 13.3. The fraction of sp³-hybridized carbons (Fsp3) is 0.357. The van der Waals surface area contributed by atoms with Gasteiger partial charge in [-0.25, -0.2) is 9.59 Å². The summed E-state index contributed by atoms with van der Waals surface area (Å²) in [7, 11) is 2.11. The van der Waals surface area contributed by atoms with Gasteiger partial charge < -0.3 is 14.6 Å². The van der Waals surface area contributed by atoms with Crippen molar-refractivity contribution < 1.29 is 24.2 Å². The molecule has 0 bridgehead atoms. The van der Waals surface area contributed by atoms with Crippen LogP contribution in [-0.2, 0) is 4.74 Å². The van der Waals surface area contributed by atoms with Crippen LogP contribution in [-0.4, -0.2) is 46.2 Å². The van der Waals surface area contributed by atoms with Crippen molar-refractivity contribution in [2.24, 2.45) is 0 Å². The van der Waals surface area contributed by atoms with E-state index in [4.69, 9.17) is 9.47 Å². The largest absolute Gasteiger partial charge is 0.506 e. The third-order valence-electron chi connectivity index (χ3n) is 7.10. The molecule has 36 heavy (non-hydrogen) atoms. The molecule has 1 N–H and O–H groups in total. The van der Waals surface area contributed by atoms with Crippen LogP contribution in [0.4, 0.5) is 0 Å². The molecule has 8 heteroatoms. The van der Waals surface area contributed by atoms with Crippen molar-refractivity contribution in [1.29, 1.82) is 0 Å². The molecule has 0 aliphatic carbocycles. The summed E-state index contributed by atoms with van der Waals surface area (Å²) in [6.45, 7) is 8.67.